The maximum atomic E-state index is 11.9. The first kappa shape index (κ1) is 15.4. The van der Waals surface area contributed by atoms with E-state index in [0.717, 1.165) is 0 Å². The lowest BCUT2D eigenvalue weighted by molar-refractivity contribution is -0.384. The number of carboxylic acids is 1. The number of carbonyl (C=O) groups is 2. The fourth-order valence-electron chi connectivity index (χ4n) is 1.53. The van der Waals surface area contributed by atoms with Gasteiger partial charge in [-0.1, -0.05) is 6.07 Å². The minimum atomic E-state index is -0.994. The third-order valence-corrected chi connectivity index (χ3v) is 2.57. The molecule has 8 heteroatoms. The lowest BCUT2D eigenvalue weighted by atomic mass is 10.3. The van der Waals surface area contributed by atoms with Gasteiger partial charge in [-0.25, -0.2) is 4.79 Å². The summed E-state index contributed by atoms with van der Waals surface area (Å²) in [6, 6.07) is 5.05. The van der Waals surface area contributed by atoms with Crippen molar-refractivity contribution in [3.63, 3.8) is 0 Å². The van der Waals surface area contributed by atoms with Crippen LogP contribution in [-0.4, -0.2) is 40.0 Å². The van der Waals surface area contributed by atoms with Gasteiger partial charge in [0.05, 0.1) is 11.3 Å². The first-order chi connectivity index (χ1) is 9.43. The largest absolute Gasteiger partial charge is 0.481 e. The van der Waals surface area contributed by atoms with Crippen LogP contribution in [0.15, 0.2) is 24.3 Å². The predicted octanol–water partition coefficient (Wildman–Crippen LogP) is 1.92. The molecule has 0 radical (unpaired) electrons. The molecule has 20 heavy (non-hydrogen) atoms. The van der Waals surface area contributed by atoms with Gasteiger partial charge in [-0.2, -0.15) is 0 Å². The molecule has 0 bridgehead atoms. The summed E-state index contributed by atoms with van der Waals surface area (Å²) in [7, 11) is 0. The number of anilines is 1. The highest BCUT2D eigenvalue weighted by Gasteiger charge is 2.14. The lowest BCUT2D eigenvalue weighted by Gasteiger charge is -2.20. The Morgan fingerprint density at radius 3 is 2.70 bits per heavy atom. The summed E-state index contributed by atoms with van der Waals surface area (Å²) in [5.74, 6) is -0.994. The van der Waals surface area contributed by atoms with Gasteiger partial charge in [0.15, 0.2) is 0 Å². The number of hydrogen-bond acceptors (Lipinski definition) is 4. The van der Waals surface area contributed by atoms with Crippen molar-refractivity contribution >= 4 is 23.4 Å². The Morgan fingerprint density at radius 1 is 1.45 bits per heavy atom. The summed E-state index contributed by atoms with van der Waals surface area (Å²) >= 11 is 0. The van der Waals surface area contributed by atoms with Crippen molar-refractivity contribution in [2.45, 2.75) is 13.3 Å². The van der Waals surface area contributed by atoms with E-state index in [9.17, 15) is 19.7 Å². The Labute approximate surface area is 115 Å². The van der Waals surface area contributed by atoms with Crippen LogP contribution in [0.2, 0.25) is 0 Å². The van der Waals surface area contributed by atoms with Crippen LogP contribution >= 0.6 is 0 Å². The van der Waals surface area contributed by atoms with Crippen LogP contribution in [0, 0.1) is 10.1 Å². The summed E-state index contributed by atoms with van der Waals surface area (Å²) in [4.78, 5) is 33.8. The second-order valence-corrected chi connectivity index (χ2v) is 3.96. The van der Waals surface area contributed by atoms with Gasteiger partial charge in [0, 0.05) is 30.9 Å². The number of non-ortho nitro benzene ring substituents is 1. The van der Waals surface area contributed by atoms with Gasteiger partial charge in [-0.3, -0.25) is 14.9 Å². The molecule has 1 aromatic rings. The molecule has 0 heterocycles. The second kappa shape index (κ2) is 7.07. The zero-order valence-electron chi connectivity index (χ0n) is 10.9. The fraction of sp³-hybridized carbons (Fsp3) is 0.333. The molecule has 1 rings (SSSR count). The smallest absolute Gasteiger partial charge is 0.321 e. The average molecular weight is 281 g/mol. The molecule has 0 spiro atoms. The van der Waals surface area contributed by atoms with E-state index in [2.05, 4.69) is 5.32 Å². The number of nitro benzene ring substituents is 1. The SMILES string of the molecule is CCN(CCC(=O)O)C(=O)Nc1cccc([N+](=O)[O-])c1. The van der Waals surface area contributed by atoms with Crippen LogP contribution in [0.4, 0.5) is 16.2 Å². The van der Waals surface area contributed by atoms with Gasteiger partial charge in [0.2, 0.25) is 0 Å². The molecule has 0 fully saturated rings. The lowest BCUT2D eigenvalue weighted by Crippen LogP contribution is -2.36. The molecule has 0 aliphatic heterocycles. The number of nitro groups is 1. The molecule has 2 N–H and O–H groups in total. The number of nitrogens with one attached hydrogen (secondary N) is 1. The Balaban J connectivity index is 2.70. The molecule has 0 saturated carbocycles. The van der Waals surface area contributed by atoms with Crippen molar-refractivity contribution in [2.75, 3.05) is 18.4 Å². The maximum Gasteiger partial charge on any atom is 0.321 e. The van der Waals surface area contributed by atoms with E-state index in [1.807, 2.05) is 0 Å². The first-order valence-corrected chi connectivity index (χ1v) is 5.96. The standard InChI is InChI=1S/C12H15N3O5/c1-2-14(7-6-11(16)17)12(18)13-9-4-3-5-10(8-9)15(19)20/h3-5,8H,2,6-7H2,1H3,(H,13,18)(H,16,17). The molecule has 8 nitrogen and oxygen atoms in total. The molecule has 0 aromatic heterocycles. The summed E-state index contributed by atoms with van der Waals surface area (Å²) in [5.41, 5.74) is 0.161. The van der Waals surface area contributed by atoms with Gasteiger partial charge in [-0.15, -0.1) is 0 Å². The Morgan fingerprint density at radius 2 is 2.15 bits per heavy atom. The molecule has 0 saturated heterocycles. The number of amides is 2. The second-order valence-electron chi connectivity index (χ2n) is 3.96. The van der Waals surface area contributed by atoms with Gasteiger partial charge in [-0.05, 0) is 13.0 Å². The third kappa shape index (κ3) is 4.56. The van der Waals surface area contributed by atoms with Crippen molar-refractivity contribution in [2.24, 2.45) is 0 Å². The van der Waals surface area contributed by atoms with Crippen molar-refractivity contribution in [1.29, 1.82) is 0 Å². The number of urea groups is 1. The number of benzene rings is 1. The van der Waals surface area contributed by atoms with Crippen LogP contribution in [0.1, 0.15) is 13.3 Å². The third-order valence-electron chi connectivity index (χ3n) is 2.57. The minimum Gasteiger partial charge on any atom is -0.481 e. The highest BCUT2D eigenvalue weighted by Crippen LogP contribution is 2.17. The molecule has 0 aliphatic rings. The first-order valence-electron chi connectivity index (χ1n) is 5.96. The van der Waals surface area contributed by atoms with Crippen LogP contribution in [0.25, 0.3) is 0 Å². The van der Waals surface area contributed by atoms with Crippen molar-refractivity contribution in [1.82, 2.24) is 4.90 Å². The van der Waals surface area contributed by atoms with E-state index in [4.69, 9.17) is 5.11 Å². The average Bonchev–Trinajstić information content (AvgIpc) is 2.39. The van der Waals surface area contributed by atoms with Crippen LogP contribution in [-0.2, 0) is 4.79 Å². The predicted molar refractivity (Wildman–Crippen MR) is 71.6 cm³/mol. The van der Waals surface area contributed by atoms with Crippen molar-refractivity contribution < 1.29 is 19.6 Å². The normalized spacial score (nSPS) is 9.85. The molecule has 108 valence electrons. The van der Waals surface area contributed by atoms with E-state index in [1.165, 1.54) is 29.2 Å². The van der Waals surface area contributed by atoms with Gasteiger partial charge < -0.3 is 15.3 Å². The topological polar surface area (TPSA) is 113 Å². The summed E-state index contributed by atoms with van der Waals surface area (Å²) in [6.45, 7) is 2.13. The van der Waals surface area contributed by atoms with Crippen molar-refractivity contribution in [3.8, 4) is 0 Å². The molecule has 2 amide bonds. The fourth-order valence-corrected chi connectivity index (χ4v) is 1.53. The Bertz CT molecular complexity index is 518. The number of nitrogens with zero attached hydrogens (tertiary/aromatic N) is 2. The van der Waals surface area contributed by atoms with Crippen LogP contribution in [0.5, 0.6) is 0 Å². The number of aliphatic carboxylic acids is 1. The number of carboxylic acid groups (broad SMARTS) is 1. The molecule has 1 aromatic carbocycles. The highest BCUT2D eigenvalue weighted by atomic mass is 16.6. The maximum absolute atomic E-state index is 11.9. The van der Waals surface area contributed by atoms with Gasteiger partial charge >= 0.3 is 12.0 Å². The number of rotatable bonds is 6. The quantitative estimate of drug-likeness (QED) is 0.611. The molecule has 0 aliphatic carbocycles. The number of hydrogen-bond donors (Lipinski definition) is 2. The number of carbonyl (C=O) groups excluding carboxylic acids is 1. The summed E-state index contributed by atoms with van der Waals surface area (Å²) in [6.07, 6.45) is -0.157. The van der Waals surface area contributed by atoms with E-state index in [-0.39, 0.29) is 24.3 Å². The zero-order chi connectivity index (χ0) is 15.1. The Kier molecular flexibility index (Phi) is 5.45. The van der Waals surface area contributed by atoms with Gasteiger partial charge in [0.25, 0.3) is 5.69 Å². The van der Waals surface area contributed by atoms with Crippen LogP contribution in [0.3, 0.4) is 0 Å². The summed E-state index contributed by atoms with van der Waals surface area (Å²) < 4.78 is 0. The van der Waals surface area contributed by atoms with Gasteiger partial charge in [0.1, 0.15) is 0 Å². The molecule has 0 unspecified atom stereocenters. The Hall–Kier alpha value is -2.64. The van der Waals surface area contributed by atoms with Crippen LogP contribution < -0.4 is 5.32 Å². The van der Waals surface area contributed by atoms with E-state index in [0.29, 0.717) is 6.54 Å². The van der Waals surface area contributed by atoms with E-state index in [1.54, 1.807) is 6.92 Å². The van der Waals surface area contributed by atoms with Crippen molar-refractivity contribution in [3.05, 3.63) is 34.4 Å². The molecular weight excluding hydrogens is 266 g/mol. The summed E-state index contributed by atoms with van der Waals surface area (Å²) in [5, 5.41) is 21.7. The monoisotopic (exact) mass is 281 g/mol. The van der Waals surface area contributed by atoms with E-state index < -0.39 is 16.9 Å². The zero-order valence-corrected chi connectivity index (χ0v) is 10.9. The minimum absolute atomic E-state index is 0.0760. The molecular formula is C12H15N3O5. The highest BCUT2D eigenvalue weighted by molar-refractivity contribution is 5.89. The molecule has 0 atom stereocenters. The van der Waals surface area contributed by atoms with E-state index >= 15 is 0 Å².